The Kier molecular flexibility index (Phi) is 7.04. The third-order valence-corrected chi connectivity index (χ3v) is 1.91. The molecule has 0 bridgehead atoms. The van der Waals surface area contributed by atoms with Crippen molar-refractivity contribution in [2.45, 2.75) is 0 Å². The Balaban J connectivity index is 0.00000225. The molecule has 0 saturated heterocycles. The van der Waals surface area contributed by atoms with Gasteiger partial charge in [-0.15, -0.1) is 0 Å². The molecule has 1 heterocycles. The molecule has 0 aliphatic heterocycles. The van der Waals surface area contributed by atoms with Gasteiger partial charge in [-0.1, -0.05) is 0 Å². The normalized spacial score (nSPS) is 10.3. The molecule has 0 aliphatic carbocycles. The Bertz CT molecular complexity index is 436. The summed E-state index contributed by atoms with van der Waals surface area (Å²) in [5, 5.41) is 0. The number of carbonyl (C=O) groups is 1. The van der Waals surface area contributed by atoms with Crippen LogP contribution in [0.3, 0.4) is 0 Å². The monoisotopic (exact) mass is 271 g/mol. The van der Waals surface area contributed by atoms with Gasteiger partial charge in [0.25, 0.3) is 16.0 Å². The second-order valence-corrected chi connectivity index (χ2v) is 4.05. The van der Waals surface area contributed by atoms with E-state index in [0.717, 1.165) is 0 Å². The van der Waals surface area contributed by atoms with Crippen molar-refractivity contribution < 1.29 is 17.8 Å². The molecule has 1 aromatic rings. The van der Waals surface area contributed by atoms with Crippen LogP contribution in [-0.4, -0.2) is 67.5 Å². The number of aromatic nitrogens is 1. The Labute approximate surface area is 122 Å². The van der Waals surface area contributed by atoms with Crippen molar-refractivity contribution in [3.8, 4) is 0 Å². The number of hydrogen-bond acceptors (Lipinski definition) is 5. The molecule has 7 nitrogen and oxygen atoms in total. The van der Waals surface area contributed by atoms with E-state index in [1.54, 1.807) is 0 Å². The second kappa shape index (κ2) is 7.15. The van der Waals surface area contributed by atoms with Crippen LogP contribution in [0.2, 0.25) is 0 Å². The van der Waals surface area contributed by atoms with Gasteiger partial charge in [-0.2, -0.15) is 8.42 Å². The largest absolute Gasteiger partial charge is 0.286 e. The van der Waals surface area contributed by atoms with Gasteiger partial charge in [-0.3, -0.25) is 19.8 Å². The van der Waals surface area contributed by atoms with Crippen molar-refractivity contribution in [3.63, 3.8) is 0 Å². The Morgan fingerprint density at radius 1 is 1.38 bits per heavy atom. The molecule has 16 heavy (non-hydrogen) atoms. The molecule has 0 aliphatic rings. The van der Waals surface area contributed by atoms with E-state index in [1.165, 1.54) is 24.5 Å². The van der Waals surface area contributed by atoms with Crippen molar-refractivity contribution in [2.24, 2.45) is 0 Å². The van der Waals surface area contributed by atoms with Gasteiger partial charge in [-0.25, -0.2) is 5.43 Å². The Morgan fingerprint density at radius 3 is 2.44 bits per heavy atom. The summed E-state index contributed by atoms with van der Waals surface area (Å²) >= 11 is 0. The SMILES string of the molecule is O=C(NNCS(=O)(=O)O)c1ccncc1.[Ca]. The average molecular weight is 271 g/mol. The first-order valence-corrected chi connectivity index (χ1v) is 5.48. The number of nitrogens with one attached hydrogen (secondary N) is 2. The zero-order valence-electron chi connectivity index (χ0n) is 8.25. The molecule has 1 aromatic heterocycles. The molecular weight excluding hydrogens is 262 g/mol. The van der Waals surface area contributed by atoms with E-state index < -0.39 is 21.9 Å². The topological polar surface area (TPSA) is 108 Å². The van der Waals surface area contributed by atoms with E-state index in [0.29, 0.717) is 5.56 Å². The minimum absolute atomic E-state index is 0. The maximum absolute atomic E-state index is 11.3. The number of pyridine rings is 1. The third kappa shape index (κ3) is 6.36. The molecule has 0 atom stereocenters. The zero-order chi connectivity index (χ0) is 11.3. The van der Waals surface area contributed by atoms with E-state index in [2.05, 4.69) is 15.8 Å². The first-order chi connectivity index (χ1) is 6.99. The summed E-state index contributed by atoms with van der Waals surface area (Å²) in [4.78, 5) is 15.0. The van der Waals surface area contributed by atoms with Crippen LogP contribution in [0, 0.1) is 0 Å². The minimum atomic E-state index is -4.14. The quantitative estimate of drug-likeness (QED) is 0.360. The number of hydrogen-bond donors (Lipinski definition) is 3. The molecule has 0 spiro atoms. The summed E-state index contributed by atoms with van der Waals surface area (Å²) in [7, 11) is -4.14. The Hall–Kier alpha value is -0.250. The maximum Gasteiger partial charge on any atom is 0.279 e. The minimum Gasteiger partial charge on any atom is -0.286 e. The molecule has 1 amide bonds. The fraction of sp³-hybridized carbons (Fsp3) is 0.143. The summed E-state index contributed by atoms with van der Waals surface area (Å²) in [5.41, 5.74) is 4.49. The zero-order valence-corrected chi connectivity index (χ0v) is 11.3. The van der Waals surface area contributed by atoms with Crippen LogP contribution in [0.25, 0.3) is 0 Å². The summed E-state index contributed by atoms with van der Waals surface area (Å²) in [6, 6.07) is 2.93. The standard InChI is InChI=1S/C7H9N3O4S.Ca/c11-7(6-1-3-8-4-2-6)10-9-5-15(12,13)14;/h1-4,9H,5H2,(H,10,11)(H,12,13,14);. The molecule has 2 radical (unpaired) electrons. The summed E-state index contributed by atoms with van der Waals surface area (Å²) in [6.07, 6.45) is 2.86. The van der Waals surface area contributed by atoms with Gasteiger partial charge in [-0.05, 0) is 12.1 Å². The first-order valence-electron chi connectivity index (χ1n) is 3.87. The van der Waals surface area contributed by atoms with Gasteiger partial charge in [0, 0.05) is 55.7 Å². The van der Waals surface area contributed by atoms with Crippen LogP contribution in [-0.2, 0) is 10.1 Å². The van der Waals surface area contributed by atoms with Gasteiger partial charge in [0.1, 0.15) is 5.88 Å². The van der Waals surface area contributed by atoms with Gasteiger partial charge in [0.2, 0.25) is 0 Å². The van der Waals surface area contributed by atoms with Crippen LogP contribution >= 0.6 is 0 Å². The van der Waals surface area contributed by atoms with E-state index in [-0.39, 0.29) is 37.7 Å². The van der Waals surface area contributed by atoms with Crippen molar-refractivity contribution in [1.29, 1.82) is 0 Å². The predicted octanol–water partition coefficient (Wildman–Crippen LogP) is -1.22. The van der Waals surface area contributed by atoms with Crippen LogP contribution in [0.4, 0.5) is 0 Å². The number of hydrazine groups is 1. The van der Waals surface area contributed by atoms with Gasteiger partial charge >= 0.3 is 0 Å². The molecule has 84 valence electrons. The molecule has 9 heteroatoms. The molecule has 1 rings (SSSR count). The summed E-state index contributed by atoms with van der Waals surface area (Å²) in [5.74, 6) is -1.26. The molecule has 0 fully saturated rings. The fourth-order valence-corrected chi connectivity index (χ4v) is 1.04. The molecular formula is C7H9CaN3O4S. The summed E-state index contributed by atoms with van der Waals surface area (Å²) in [6.45, 7) is 0. The molecule has 0 unspecified atom stereocenters. The van der Waals surface area contributed by atoms with Crippen LogP contribution in [0.5, 0.6) is 0 Å². The number of carbonyl (C=O) groups excluding carboxylic acids is 1. The fourth-order valence-electron chi connectivity index (χ4n) is 0.783. The smallest absolute Gasteiger partial charge is 0.279 e. The van der Waals surface area contributed by atoms with Crippen molar-refractivity contribution in [2.75, 3.05) is 5.88 Å². The van der Waals surface area contributed by atoms with Crippen molar-refractivity contribution in [1.82, 2.24) is 15.8 Å². The van der Waals surface area contributed by atoms with E-state index >= 15 is 0 Å². The van der Waals surface area contributed by atoms with Crippen LogP contribution < -0.4 is 10.9 Å². The van der Waals surface area contributed by atoms with Gasteiger partial charge in [0.05, 0.1) is 0 Å². The van der Waals surface area contributed by atoms with Crippen molar-refractivity contribution >= 4 is 53.8 Å². The summed E-state index contributed by atoms with van der Waals surface area (Å²) < 4.78 is 28.9. The average Bonchev–Trinajstić information content (AvgIpc) is 2.17. The van der Waals surface area contributed by atoms with Gasteiger partial charge in [0.15, 0.2) is 0 Å². The molecule has 0 aromatic carbocycles. The van der Waals surface area contributed by atoms with Crippen molar-refractivity contribution in [3.05, 3.63) is 30.1 Å². The molecule has 3 N–H and O–H groups in total. The van der Waals surface area contributed by atoms with E-state index in [1.807, 2.05) is 0 Å². The van der Waals surface area contributed by atoms with E-state index in [9.17, 15) is 13.2 Å². The predicted molar refractivity (Wildman–Crippen MR) is 57.0 cm³/mol. The number of rotatable bonds is 4. The van der Waals surface area contributed by atoms with Gasteiger partial charge < -0.3 is 0 Å². The maximum atomic E-state index is 11.3. The number of amides is 1. The second-order valence-electron chi connectivity index (χ2n) is 2.59. The van der Waals surface area contributed by atoms with E-state index in [4.69, 9.17) is 4.55 Å². The number of nitrogens with zero attached hydrogens (tertiary/aromatic N) is 1. The first kappa shape index (κ1) is 15.7. The third-order valence-electron chi connectivity index (χ3n) is 1.40. The van der Waals surface area contributed by atoms with Crippen LogP contribution in [0.15, 0.2) is 24.5 Å². The Morgan fingerprint density at radius 2 is 1.94 bits per heavy atom. The molecule has 0 saturated carbocycles. The van der Waals surface area contributed by atoms with Crippen LogP contribution in [0.1, 0.15) is 10.4 Å².